The van der Waals surface area contributed by atoms with Crippen LogP contribution in [0.1, 0.15) is 41.7 Å². The lowest BCUT2D eigenvalue weighted by Gasteiger charge is -2.35. The molecule has 3 amide bonds. The lowest BCUT2D eigenvalue weighted by molar-refractivity contribution is -0.128. The number of morpholine rings is 1. The van der Waals surface area contributed by atoms with Crippen LogP contribution >= 0.6 is 23.2 Å². The molecular weight excluding hydrogens is 615 g/mol. The third-order valence-corrected chi connectivity index (χ3v) is 9.38. The minimum atomic E-state index is -0.834. The first-order valence-corrected chi connectivity index (χ1v) is 16.1. The second kappa shape index (κ2) is 13.8. The van der Waals surface area contributed by atoms with Crippen LogP contribution in [0.15, 0.2) is 60.7 Å². The number of rotatable bonds is 8. The quantitative estimate of drug-likeness (QED) is 0.360. The van der Waals surface area contributed by atoms with Gasteiger partial charge in [-0.05, 0) is 54.7 Å². The van der Waals surface area contributed by atoms with Crippen LogP contribution in [0.25, 0.3) is 11.1 Å². The Morgan fingerprint density at radius 3 is 2.36 bits per heavy atom. The van der Waals surface area contributed by atoms with Crippen LogP contribution in [0.4, 0.5) is 5.69 Å². The molecule has 45 heavy (non-hydrogen) atoms. The highest BCUT2D eigenvalue weighted by atomic mass is 35.5. The molecule has 3 aromatic rings. The van der Waals surface area contributed by atoms with E-state index in [9.17, 15) is 14.4 Å². The minimum Gasteiger partial charge on any atom is -0.482 e. The third-order valence-electron chi connectivity index (χ3n) is 8.66. The van der Waals surface area contributed by atoms with Crippen molar-refractivity contribution in [1.82, 2.24) is 15.1 Å². The summed E-state index contributed by atoms with van der Waals surface area (Å²) in [6, 6.07) is 17.7. The predicted octanol–water partition coefficient (Wildman–Crippen LogP) is 5.20. The molecule has 0 saturated carbocycles. The average molecular weight is 652 g/mol. The molecule has 236 valence electrons. The molecule has 3 heterocycles. The summed E-state index contributed by atoms with van der Waals surface area (Å²) in [5, 5.41) is 3.78. The number of hydrogen-bond acceptors (Lipinski definition) is 6. The molecule has 2 saturated heterocycles. The van der Waals surface area contributed by atoms with Crippen LogP contribution in [-0.2, 0) is 14.3 Å². The van der Waals surface area contributed by atoms with Gasteiger partial charge in [0, 0.05) is 44.4 Å². The van der Waals surface area contributed by atoms with Gasteiger partial charge in [-0.2, -0.15) is 0 Å². The number of carbonyl (C=O) groups excluding carboxylic acids is 3. The molecule has 9 nitrogen and oxygen atoms in total. The zero-order chi connectivity index (χ0) is 31.5. The number of ether oxygens (including phenoxy) is 2. The smallest absolute Gasteiger partial charge is 0.265 e. The fraction of sp³-hybridized carbons (Fsp3) is 0.382. The first kappa shape index (κ1) is 31.4. The molecule has 3 aliphatic rings. The second-order valence-electron chi connectivity index (χ2n) is 11.6. The van der Waals surface area contributed by atoms with E-state index in [0.29, 0.717) is 41.8 Å². The fourth-order valence-electron chi connectivity index (χ4n) is 6.12. The topological polar surface area (TPSA) is 91.4 Å². The SMILES string of the molecule is CC(C(=O)NC(CN1CCOCC1)c1ccc(-c2cccc(C(=O)N3CCCC3)c2)cc1)N1C(=O)COc2cc(Cl)c(Cl)cc21. The third kappa shape index (κ3) is 6.97. The highest BCUT2D eigenvalue weighted by Crippen LogP contribution is 2.39. The van der Waals surface area contributed by atoms with Crippen LogP contribution in [0, 0.1) is 0 Å². The van der Waals surface area contributed by atoms with E-state index in [1.54, 1.807) is 19.1 Å². The van der Waals surface area contributed by atoms with Crippen molar-refractivity contribution in [3.63, 3.8) is 0 Å². The van der Waals surface area contributed by atoms with Gasteiger partial charge in [0.2, 0.25) is 5.91 Å². The summed E-state index contributed by atoms with van der Waals surface area (Å²) < 4.78 is 11.1. The van der Waals surface area contributed by atoms with Crippen molar-refractivity contribution < 1.29 is 23.9 Å². The zero-order valence-electron chi connectivity index (χ0n) is 25.1. The molecule has 0 spiro atoms. The maximum Gasteiger partial charge on any atom is 0.265 e. The van der Waals surface area contributed by atoms with E-state index in [1.807, 2.05) is 53.4 Å². The largest absolute Gasteiger partial charge is 0.482 e. The van der Waals surface area contributed by atoms with Gasteiger partial charge in [-0.1, -0.05) is 59.6 Å². The summed E-state index contributed by atoms with van der Waals surface area (Å²) in [7, 11) is 0. The molecule has 2 atom stereocenters. The molecule has 2 fully saturated rings. The van der Waals surface area contributed by atoms with Crippen molar-refractivity contribution in [2.45, 2.75) is 31.8 Å². The first-order valence-electron chi connectivity index (χ1n) is 15.3. The standard InChI is InChI=1S/C34H36Cl2N4O5/c1-22(40-30-18-27(35)28(36)19-31(30)45-21-32(40)41)33(42)37-29(20-38-13-15-44-16-14-38)24-9-7-23(8-10-24)25-5-4-6-26(17-25)34(43)39-11-2-3-12-39/h4-10,17-19,22,29H,2-3,11-16,20-21H2,1H3,(H,37,42). The van der Waals surface area contributed by atoms with Crippen molar-refractivity contribution in [2.75, 3.05) is 57.4 Å². The number of likely N-dealkylation sites (tertiary alicyclic amines) is 1. The number of nitrogens with one attached hydrogen (secondary N) is 1. The molecule has 1 N–H and O–H groups in total. The minimum absolute atomic E-state index is 0.0696. The second-order valence-corrected chi connectivity index (χ2v) is 12.5. The molecule has 3 aliphatic heterocycles. The Bertz CT molecular complexity index is 1570. The van der Waals surface area contributed by atoms with Gasteiger partial charge in [0.25, 0.3) is 11.8 Å². The van der Waals surface area contributed by atoms with Crippen molar-refractivity contribution in [3.8, 4) is 16.9 Å². The predicted molar refractivity (Wildman–Crippen MR) is 174 cm³/mol. The van der Waals surface area contributed by atoms with Gasteiger partial charge in [0.15, 0.2) is 6.61 Å². The van der Waals surface area contributed by atoms with E-state index in [2.05, 4.69) is 10.2 Å². The summed E-state index contributed by atoms with van der Waals surface area (Å²) in [5.74, 6) is -0.184. The molecule has 2 unspecified atom stereocenters. The Morgan fingerprint density at radius 1 is 0.911 bits per heavy atom. The Hall–Kier alpha value is -3.63. The van der Waals surface area contributed by atoms with E-state index < -0.39 is 6.04 Å². The number of nitrogens with zero attached hydrogens (tertiary/aromatic N) is 3. The Balaban J connectivity index is 1.22. The zero-order valence-corrected chi connectivity index (χ0v) is 26.6. The average Bonchev–Trinajstić information content (AvgIpc) is 3.61. The van der Waals surface area contributed by atoms with Gasteiger partial charge in [0.1, 0.15) is 11.8 Å². The summed E-state index contributed by atoms with van der Waals surface area (Å²) in [6.07, 6.45) is 2.10. The van der Waals surface area contributed by atoms with Crippen LogP contribution in [-0.4, -0.2) is 86.1 Å². The van der Waals surface area contributed by atoms with Gasteiger partial charge in [-0.15, -0.1) is 0 Å². The monoisotopic (exact) mass is 650 g/mol. The first-order chi connectivity index (χ1) is 21.8. The van der Waals surface area contributed by atoms with Crippen molar-refractivity contribution >= 4 is 46.6 Å². The van der Waals surface area contributed by atoms with E-state index in [4.69, 9.17) is 32.7 Å². The van der Waals surface area contributed by atoms with Crippen LogP contribution < -0.4 is 15.0 Å². The van der Waals surface area contributed by atoms with Gasteiger partial charge in [-0.3, -0.25) is 24.2 Å². The number of carbonyl (C=O) groups is 3. The maximum atomic E-state index is 13.8. The summed E-state index contributed by atoms with van der Waals surface area (Å²) in [6.45, 7) is 6.45. The van der Waals surface area contributed by atoms with Gasteiger partial charge in [-0.25, -0.2) is 0 Å². The maximum absolute atomic E-state index is 13.8. The highest BCUT2D eigenvalue weighted by Gasteiger charge is 2.35. The molecule has 0 aliphatic carbocycles. The number of fused-ring (bicyclic) bond motifs is 1. The summed E-state index contributed by atoms with van der Waals surface area (Å²) >= 11 is 12.4. The normalized spacial score (nSPS) is 18.2. The fourth-order valence-corrected chi connectivity index (χ4v) is 6.43. The Kier molecular flexibility index (Phi) is 9.61. The van der Waals surface area contributed by atoms with E-state index in [1.165, 1.54) is 4.90 Å². The number of benzene rings is 3. The van der Waals surface area contributed by atoms with Crippen molar-refractivity contribution in [3.05, 3.63) is 81.8 Å². The van der Waals surface area contributed by atoms with Gasteiger partial charge < -0.3 is 19.7 Å². The molecule has 11 heteroatoms. The van der Waals surface area contributed by atoms with Crippen molar-refractivity contribution in [1.29, 1.82) is 0 Å². The molecular formula is C34H36Cl2N4O5. The molecule has 3 aromatic carbocycles. The van der Waals surface area contributed by atoms with Crippen LogP contribution in [0.5, 0.6) is 5.75 Å². The van der Waals surface area contributed by atoms with Crippen LogP contribution in [0.2, 0.25) is 10.0 Å². The summed E-state index contributed by atoms with van der Waals surface area (Å²) in [4.78, 5) is 45.3. The molecule has 0 aromatic heterocycles. The van der Waals surface area contributed by atoms with E-state index >= 15 is 0 Å². The number of amides is 3. The lowest BCUT2D eigenvalue weighted by Crippen LogP contribution is -2.53. The van der Waals surface area contributed by atoms with Gasteiger partial charge in [0.05, 0.1) is 35.0 Å². The lowest BCUT2D eigenvalue weighted by atomic mass is 9.98. The number of halogens is 2. The van der Waals surface area contributed by atoms with Gasteiger partial charge >= 0.3 is 0 Å². The highest BCUT2D eigenvalue weighted by molar-refractivity contribution is 6.42. The van der Waals surface area contributed by atoms with E-state index in [-0.39, 0.29) is 35.4 Å². The Labute approximate surface area is 273 Å². The number of anilines is 1. The number of hydrogen-bond donors (Lipinski definition) is 1. The molecule has 0 bridgehead atoms. The van der Waals surface area contributed by atoms with Crippen LogP contribution in [0.3, 0.4) is 0 Å². The van der Waals surface area contributed by atoms with E-state index in [0.717, 1.165) is 55.7 Å². The molecule has 6 rings (SSSR count). The summed E-state index contributed by atoms with van der Waals surface area (Å²) in [5.41, 5.74) is 3.96. The Morgan fingerprint density at radius 2 is 1.62 bits per heavy atom. The molecule has 0 radical (unpaired) electrons. The van der Waals surface area contributed by atoms with Crippen molar-refractivity contribution in [2.24, 2.45) is 0 Å².